The van der Waals surface area contributed by atoms with Crippen molar-refractivity contribution in [3.8, 4) is 0 Å². The number of ether oxygens (including phenoxy) is 1. The predicted octanol–water partition coefficient (Wildman–Crippen LogP) is 2.30. The third-order valence-corrected chi connectivity index (χ3v) is 8.43. The highest BCUT2D eigenvalue weighted by molar-refractivity contribution is 6.18. The molecule has 0 aromatic rings. The number of halogens is 1. The van der Waals surface area contributed by atoms with Crippen LogP contribution in [0.15, 0.2) is 0 Å². The number of hydrogen-bond acceptors (Lipinski definition) is 4. The molecule has 0 radical (unpaired) electrons. The third kappa shape index (κ3) is 1.28. The minimum absolute atomic E-state index is 0.126. The maximum atomic E-state index is 12.4. The monoisotopic (exact) mass is 338 g/mol. The number of fused-ring (bicyclic) bond motifs is 2. The second-order valence-electron chi connectivity index (χ2n) is 8.61. The van der Waals surface area contributed by atoms with Crippen molar-refractivity contribution in [3.63, 3.8) is 0 Å². The zero-order valence-corrected chi connectivity index (χ0v) is 14.1. The van der Waals surface area contributed by atoms with Crippen LogP contribution in [-0.4, -0.2) is 34.4 Å². The molecule has 5 aliphatic rings. The molecule has 4 aliphatic carbocycles. The van der Waals surface area contributed by atoms with Gasteiger partial charge < -0.3 is 9.84 Å². The molecule has 1 N–H and O–H groups in total. The summed E-state index contributed by atoms with van der Waals surface area (Å²) in [5, 5.41) is 11.2. The van der Waals surface area contributed by atoms with E-state index in [4.69, 9.17) is 16.3 Å². The highest BCUT2D eigenvalue weighted by Crippen LogP contribution is 2.90. The normalized spacial score (nSPS) is 56.8. The van der Waals surface area contributed by atoms with E-state index in [0.29, 0.717) is 18.2 Å². The van der Waals surface area contributed by atoms with Gasteiger partial charge in [0.2, 0.25) is 0 Å². The van der Waals surface area contributed by atoms with Crippen molar-refractivity contribution in [1.82, 2.24) is 0 Å². The van der Waals surface area contributed by atoms with Crippen LogP contribution in [0.4, 0.5) is 0 Å². The molecule has 1 saturated heterocycles. The molecule has 3 unspecified atom stereocenters. The van der Waals surface area contributed by atoms with Crippen molar-refractivity contribution in [2.24, 2.45) is 34.5 Å². The number of ketones is 1. The van der Waals surface area contributed by atoms with Crippen molar-refractivity contribution in [2.45, 2.75) is 57.2 Å². The molecule has 1 spiro atoms. The average Bonchev–Trinajstić information content (AvgIpc) is 3.35. The average molecular weight is 339 g/mol. The first-order valence-corrected chi connectivity index (χ1v) is 9.49. The lowest BCUT2D eigenvalue weighted by Gasteiger charge is -2.42. The van der Waals surface area contributed by atoms with Gasteiger partial charge in [-0.25, -0.2) is 0 Å². The summed E-state index contributed by atoms with van der Waals surface area (Å²) in [4.78, 5) is 24.7. The summed E-state index contributed by atoms with van der Waals surface area (Å²) in [6.07, 6.45) is 4.84. The van der Waals surface area contributed by atoms with Crippen molar-refractivity contribution in [3.05, 3.63) is 0 Å². The van der Waals surface area contributed by atoms with E-state index in [-0.39, 0.29) is 30.0 Å². The van der Waals surface area contributed by atoms with E-state index in [1.165, 1.54) is 12.8 Å². The zero-order chi connectivity index (χ0) is 16.2. The van der Waals surface area contributed by atoms with Gasteiger partial charge in [0.25, 0.3) is 0 Å². The molecule has 5 fully saturated rings. The number of esters is 1. The Morgan fingerprint density at radius 2 is 2.17 bits per heavy atom. The number of rotatable bonds is 4. The Labute approximate surface area is 140 Å². The summed E-state index contributed by atoms with van der Waals surface area (Å²) in [5.74, 6) is 1.59. The van der Waals surface area contributed by atoms with Crippen LogP contribution in [0, 0.1) is 34.5 Å². The Bertz CT molecular complexity index is 620. The first kappa shape index (κ1) is 14.7. The Hall–Kier alpha value is -0.610. The molecule has 4 saturated carbocycles. The molecule has 1 heterocycles. The number of Topliss-reactive ketones (excluding diaryl/α,β-unsaturated/α-hetero) is 1. The van der Waals surface area contributed by atoms with Crippen LogP contribution in [0.2, 0.25) is 0 Å². The molecule has 4 nitrogen and oxygen atoms in total. The summed E-state index contributed by atoms with van der Waals surface area (Å²) >= 11 is 5.91. The quantitative estimate of drug-likeness (QED) is 0.631. The summed E-state index contributed by atoms with van der Waals surface area (Å²) in [5.41, 5.74) is -2.11. The standard InChI is InChI=1S/C18H23ClO4/c1-16-12(5-6-19)13(20)8-17(16)15(22)23-18(16,17)14(21)10-4-2-3-9-7-11(9)10/h9-12,14,21H,2-8H2,1H3/t9-,10+,11+,12+,14+,16?,17?,18?/m1/s1. The van der Waals surface area contributed by atoms with Gasteiger partial charge in [-0.2, -0.15) is 0 Å². The molecule has 1 aliphatic heterocycles. The lowest BCUT2D eigenvalue weighted by Crippen LogP contribution is -2.57. The minimum atomic E-state index is -0.809. The fourth-order valence-corrected chi connectivity index (χ4v) is 7.26. The molecular weight excluding hydrogens is 316 g/mol. The zero-order valence-electron chi connectivity index (χ0n) is 13.4. The van der Waals surface area contributed by atoms with Gasteiger partial charge in [-0.3, -0.25) is 9.59 Å². The van der Waals surface area contributed by atoms with Crippen molar-refractivity contribution in [1.29, 1.82) is 0 Å². The van der Waals surface area contributed by atoms with E-state index >= 15 is 0 Å². The van der Waals surface area contributed by atoms with E-state index in [1.807, 2.05) is 6.92 Å². The topological polar surface area (TPSA) is 63.6 Å². The van der Waals surface area contributed by atoms with Crippen LogP contribution in [0.1, 0.15) is 45.4 Å². The number of carbonyl (C=O) groups is 2. The van der Waals surface area contributed by atoms with Crippen LogP contribution in [0.5, 0.6) is 0 Å². The van der Waals surface area contributed by atoms with Gasteiger partial charge in [0.1, 0.15) is 11.2 Å². The minimum Gasteiger partial charge on any atom is -0.454 e. The first-order chi connectivity index (χ1) is 11.0. The van der Waals surface area contributed by atoms with Gasteiger partial charge in [0.05, 0.1) is 6.10 Å². The van der Waals surface area contributed by atoms with Crippen LogP contribution in [0.25, 0.3) is 0 Å². The molecule has 8 atom stereocenters. The molecule has 126 valence electrons. The lowest BCUT2D eigenvalue weighted by molar-refractivity contribution is -0.209. The Balaban J connectivity index is 1.51. The molecule has 5 heteroatoms. The van der Waals surface area contributed by atoms with E-state index in [2.05, 4.69) is 0 Å². The molecule has 0 amide bonds. The van der Waals surface area contributed by atoms with Crippen LogP contribution < -0.4 is 0 Å². The first-order valence-electron chi connectivity index (χ1n) is 8.96. The second-order valence-corrected chi connectivity index (χ2v) is 8.98. The molecule has 0 aromatic carbocycles. The molecule has 5 rings (SSSR count). The number of hydrogen-bond donors (Lipinski definition) is 1. The second kappa shape index (κ2) is 4.13. The summed E-state index contributed by atoms with van der Waals surface area (Å²) < 4.78 is 5.68. The molecule has 23 heavy (non-hydrogen) atoms. The van der Waals surface area contributed by atoms with Gasteiger partial charge in [0.15, 0.2) is 5.60 Å². The van der Waals surface area contributed by atoms with E-state index in [1.54, 1.807) is 0 Å². The Kier molecular flexibility index (Phi) is 2.64. The van der Waals surface area contributed by atoms with Crippen molar-refractivity contribution >= 4 is 23.4 Å². The number of alkyl halides is 1. The van der Waals surface area contributed by atoms with Gasteiger partial charge in [-0.15, -0.1) is 11.6 Å². The van der Waals surface area contributed by atoms with Gasteiger partial charge in [-0.1, -0.05) is 19.8 Å². The summed E-state index contributed by atoms with van der Waals surface area (Å²) in [6.45, 7) is 1.98. The largest absolute Gasteiger partial charge is 0.454 e. The van der Waals surface area contributed by atoms with Crippen LogP contribution >= 0.6 is 11.6 Å². The maximum Gasteiger partial charge on any atom is 0.318 e. The highest BCUT2D eigenvalue weighted by Gasteiger charge is 3.04. The fourth-order valence-electron chi connectivity index (χ4n) is 7.04. The van der Waals surface area contributed by atoms with Gasteiger partial charge in [0, 0.05) is 23.6 Å². The third-order valence-electron chi connectivity index (χ3n) is 8.22. The Morgan fingerprint density at radius 3 is 2.87 bits per heavy atom. The number of aliphatic hydroxyl groups excluding tert-OH is 1. The summed E-state index contributed by atoms with van der Waals surface area (Å²) in [7, 11) is 0. The maximum absolute atomic E-state index is 12.4. The number of aliphatic hydroxyl groups is 1. The molecule has 0 aromatic heterocycles. The fraction of sp³-hybridized carbons (Fsp3) is 0.889. The molecule has 0 bridgehead atoms. The van der Waals surface area contributed by atoms with E-state index in [0.717, 1.165) is 18.8 Å². The predicted molar refractivity (Wildman–Crippen MR) is 82.8 cm³/mol. The van der Waals surface area contributed by atoms with Crippen molar-refractivity contribution < 1.29 is 19.4 Å². The van der Waals surface area contributed by atoms with Crippen molar-refractivity contribution in [2.75, 3.05) is 5.88 Å². The smallest absolute Gasteiger partial charge is 0.318 e. The lowest BCUT2D eigenvalue weighted by atomic mass is 9.74. The molecular formula is C18H23ClO4. The van der Waals surface area contributed by atoms with Crippen LogP contribution in [-0.2, 0) is 14.3 Å². The number of carbonyl (C=O) groups excluding carboxylic acids is 2. The Morgan fingerprint density at radius 1 is 1.39 bits per heavy atom. The SMILES string of the molecule is CC12[C@@H](CCCl)C(=O)CC13C(=O)OC32[C@@H](O)[C@H]1CCC[C@@H]2C[C@@H]21. The van der Waals surface area contributed by atoms with E-state index < -0.39 is 22.5 Å². The van der Waals surface area contributed by atoms with Gasteiger partial charge in [-0.05, 0) is 37.0 Å². The highest BCUT2D eigenvalue weighted by atomic mass is 35.5. The van der Waals surface area contributed by atoms with E-state index in [9.17, 15) is 14.7 Å². The summed E-state index contributed by atoms with van der Waals surface area (Å²) in [6, 6.07) is 0. The van der Waals surface area contributed by atoms with Gasteiger partial charge >= 0.3 is 5.97 Å². The van der Waals surface area contributed by atoms with Crippen LogP contribution in [0.3, 0.4) is 0 Å².